The minimum atomic E-state index is 0.0985. The number of carbonyl (C=O) groups is 1. The largest absolute Gasteiger partial charge is 0.494 e. The first kappa shape index (κ1) is 21.3. The molecular weight excluding hydrogens is 440 g/mol. The summed E-state index contributed by atoms with van der Waals surface area (Å²) < 4.78 is 10.8. The van der Waals surface area contributed by atoms with E-state index in [9.17, 15) is 4.79 Å². The number of amides is 1. The summed E-state index contributed by atoms with van der Waals surface area (Å²) in [5, 5.41) is 5.01. The SMILES string of the molecule is CCOc1ccc(-c2noc(CCC(=O)N3CCN(c4nc5cccnc5s4)CC3)n2)cc1. The van der Waals surface area contributed by atoms with Crippen LogP contribution in [0.5, 0.6) is 5.75 Å². The van der Waals surface area contributed by atoms with Crippen molar-refractivity contribution < 1.29 is 14.1 Å². The molecule has 0 spiro atoms. The van der Waals surface area contributed by atoms with E-state index in [4.69, 9.17) is 9.26 Å². The number of aryl methyl sites for hydroxylation is 1. The molecular formula is C23H24N6O3S. The summed E-state index contributed by atoms with van der Waals surface area (Å²) in [7, 11) is 0. The fourth-order valence-electron chi connectivity index (χ4n) is 3.75. The standard InChI is InChI=1S/C23H24N6O3S/c1-2-31-17-7-5-16(6-8-17)21-26-19(32-27-21)9-10-20(30)28-12-14-29(15-13-28)23-25-18-4-3-11-24-22(18)33-23/h3-8,11H,2,9-10,12-15H2,1H3. The summed E-state index contributed by atoms with van der Waals surface area (Å²) in [6, 6.07) is 11.4. The van der Waals surface area contributed by atoms with Crippen LogP contribution in [0.4, 0.5) is 5.13 Å². The molecule has 0 saturated carbocycles. The van der Waals surface area contributed by atoms with Gasteiger partial charge in [0.05, 0.1) is 6.61 Å². The summed E-state index contributed by atoms with van der Waals surface area (Å²) in [4.78, 5) is 31.2. The van der Waals surface area contributed by atoms with Crippen molar-refractivity contribution in [1.29, 1.82) is 0 Å². The minimum absolute atomic E-state index is 0.0985. The predicted octanol–water partition coefficient (Wildman–Crippen LogP) is 3.42. The van der Waals surface area contributed by atoms with Crippen molar-refractivity contribution in [3.05, 3.63) is 48.5 Å². The molecule has 3 aromatic heterocycles. The monoisotopic (exact) mass is 464 g/mol. The zero-order valence-electron chi connectivity index (χ0n) is 18.3. The molecule has 5 rings (SSSR count). The Hall–Kier alpha value is -3.53. The first-order valence-corrected chi connectivity index (χ1v) is 11.8. The highest BCUT2D eigenvalue weighted by Gasteiger charge is 2.23. The van der Waals surface area contributed by atoms with E-state index in [0.29, 0.717) is 44.3 Å². The van der Waals surface area contributed by atoms with Crippen LogP contribution in [0, 0.1) is 0 Å². The molecule has 1 aromatic carbocycles. The van der Waals surface area contributed by atoms with Gasteiger partial charge in [-0.3, -0.25) is 4.79 Å². The highest BCUT2D eigenvalue weighted by atomic mass is 32.1. The van der Waals surface area contributed by atoms with E-state index in [1.165, 1.54) is 0 Å². The van der Waals surface area contributed by atoms with Crippen molar-refractivity contribution >= 4 is 32.7 Å². The van der Waals surface area contributed by atoms with Gasteiger partial charge in [0.15, 0.2) is 5.13 Å². The molecule has 1 amide bonds. The lowest BCUT2D eigenvalue weighted by Gasteiger charge is -2.34. The van der Waals surface area contributed by atoms with E-state index < -0.39 is 0 Å². The molecule has 0 bridgehead atoms. The summed E-state index contributed by atoms with van der Waals surface area (Å²) in [6.07, 6.45) is 2.55. The number of benzene rings is 1. The van der Waals surface area contributed by atoms with Gasteiger partial charge in [-0.2, -0.15) is 4.98 Å². The van der Waals surface area contributed by atoms with Gasteiger partial charge in [0.2, 0.25) is 17.6 Å². The van der Waals surface area contributed by atoms with Crippen LogP contribution in [0.3, 0.4) is 0 Å². The maximum Gasteiger partial charge on any atom is 0.227 e. The molecule has 0 radical (unpaired) electrons. The molecule has 1 aliphatic heterocycles. The van der Waals surface area contributed by atoms with Gasteiger partial charge in [0, 0.05) is 50.8 Å². The number of ether oxygens (including phenoxy) is 1. The number of nitrogens with zero attached hydrogens (tertiary/aromatic N) is 6. The van der Waals surface area contributed by atoms with Gasteiger partial charge in [-0.25, -0.2) is 9.97 Å². The Labute approximate surface area is 195 Å². The van der Waals surface area contributed by atoms with Crippen LogP contribution < -0.4 is 9.64 Å². The highest BCUT2D eigenvalue weighted by Crippen LogP contribution is 2.27. The molecule has 170 valence electrons. The number of piperazine rings is 1. The number of hydrogen-bond donors (Lipinski definition) is 0. The average Bonchev–Trinajstić information content (AvgIpc) is 3.51. The molecule has 10 heteroatoms. The summed E-state index contributed by atoms with van der Waals surface area (Å²) in [5.74, 6) is 1.88. The number of thiazole rings is 1. The first-order valence-electron chi connectivity index (χ1n) is 11.0. The van der Waals surface area contributed by atoms with Crippen LogP contribution in [0.1, 0.15) is 19.2 Å². The highest BCUT2D eigenvalue weighted by molar-refractivity contribution is 7.21. The van der Waals surface area contributed by atoms with Crippen molar-refractivity contribution in [2.75, 3.05) is 37.7 Å². The van der Waals surface area contributed by atoms with E-state index in [1.54, 1.807) is 17.5 Å². The number of pyridine rings is 1. The Morgan fingerprint density at radius 1 is 1.12 bits per heavy atom. The van der Waals surface area contributed by atoms with Gasteiger partial charge in [-0.15, -0.1) is 0 Å². The van der Waals surface area contributed by atoms with E-state index in [0.717, 1.165) is 39.9 Å². The average molecular weight is 465 g/mol. The number of anilines is 1. The number of aromatic nitrogens is 4. The molecule has 4 aromatic rings. The molecule has 33 heavy (non-hydrogen) atoms. The lowest BCUT2D eigenvalue weighted by atomic mass is 10.2. The Morgan fingerprint density at radius 2 is 1.94 bits per heavy atom. The number of rotatable bonds is 7. The number of hydrogen-bond acceptors (Lipinski definition) is 9. The van der Waals surface area contributed by atoms with Crippen molar-refractivity contribution in [3.63, 3.8) is 0 Å². The van der Waals surface area contributed by atoms with Crippen molar-refractivity contribution in [1.82, 2.24) is 25.0 Å². The third kappa shape index (κ3) is 4.80. The predicted molar refractivity (Wildman–Crippen MR) is 125 cm³/mol. The Kier molecular flexibility index (Phi) is 6.16. The molecule has 1 saturated heterocycles. The van der Waals surface area contributed by atoms with Gasteiger partial charge in [-0.1, -0.05) is 16.5 Å². The van der Waals surface area contributed by atoms with Gasteiger partial charge >= 0.3 is 0 Å². The third-order valence-corrected chi connectivity index (χ3v) is 6.54. The first-order chi connectivity index (χ1) is 16.2. The quantitative estimate of drug-likeness (QED) is 0.410. The lowest BCUT2D eigenvalue weighted by Crippen LogP contribution is -2.48. The maximum atomic E-state index is 12.7. The Morgan fingerprint density at radius 3 is 2.70 bits per heavy atom. The zero-order valence-corrected chi connectivity index (χ0v) is 19.1. The molecule has 0 atom stereocenters. The third-order valence-electron chi connectivity index (χ3n) is 5.50. The zero-order chi connectivity index (χ0) is 22.6. The lowest BCUT2D eigenvalue weighted by molar-refractivity contribution is -0.131. The van der Waals surface area contributed by atoms with Crippen LogP contribution >= 0.6 is 11.3 Å². The summed E-state index contributed by atoms with van der Waals surface area (Å²) in [5.41, 5.74) is 1.76. The molecule has 1 aliphatic rings. The molecule has 4 heterocycles. The fraction of sp³-hybridized carbons (Fsp3) is 0.348. The van der Waals surface area contributed by atoms with E-state index in [-0.39, 0.29) is 5.91 Å². The fourth-order valence-corrected chi connectivity index (χ4v) is 4.71. The second-order valence-corrected chi connectivity index (χ2v) is 8.62. The van der Waals surface area contributed by atoms with Gasteiger partial charge in [-0.05, 0) is 43.3 Å². The Balaban J connectivity index is 1.12. The van der Waals surface area contributed by atoms with Crippen LogP contribution in [0.25, 0.3) is 21.7 Å². The topological polar surface area (TPSA) is 97.5 Å². The van der Waals surface area contributed by atoms with Crippen LogP contribution in [-0.4, -0.2) is 63.7 Å². The van der Waals surface area contributed by atoms with Crippen LogP contribution in [-0.2, 0) is 11.2 Å². The normalized spacial score (nSPS) is 14.1. The van der Waals surface area contributed by atoms with Gasteiger partial charge < -0.3 is 19.1 Å². The van der Waals surface area contributed by atoms with Crippen LogP contribution in [0.15, 0.2) is 47.1 Å². The van der Waals surface area contributed by atoms with E-state index >= 15 is 0 Å². The van der Waals surface area contributed by atoms with Gasteiger partial charge in [0.1, 0.15) is 16.1 Å². The second-order valence-electron chi connectivity index (χ2n) is 7.66. The molecule has 0 unspecified atom stereocenters. The van der Waals surface area contributed by atoms with Crippen molar-refractivity contribution in [2.24, 2.45) is 0 Å². The summed E-state index contributed by atoms with van der Waals surface area (Å²) in [6.45, 7) is 5.42. The maximum absolute atomic E-state index is 12.7. The number of carbonyl (C=O) groups excluding carboxylic acids is 1. The van der Waals surface area contributed by atoms with Crippen molar-refractivity contribution in [3.8, 4) is 17.1 Å². The van der Waals surface area contributed by atoms with Crippen LogP contribution in [0.2, 0.25) is 0 Å². The molecule has 9 nitrogen and oxygen atoms in total. The smallest absolute Gasteiger partial charge is 0.227 e. The number of fused-ring (bicyclic) bond motifs is 1. The summed E-state index contributed by atoms with van der Waals surface area (Å²) >= 11 is 1.59. The molecule has 1 fully saturated rings. The Bertz CT molecular complexity index is 1200. The van der Waals surface area contributed by atoms with Crippen molar-refractivity contribution in [2.45, 2.75) is 19.8 Å². The molecule has 0 aliphatic carbocycles. The van der Waals surface area contributed by atoms with E-state index in [2.05, 4.69) is 25.0 Å². The second kappa shape index (κ2) is 9.53. The minimum Gasteiger partial charge on any atom is -0.494 e. The van der Waals surface area contributed by atoms with Gasteiger partial charge in [0.25, 0.3) is 0 Å². The molecule has 0 N–H and O–H groups in total. The van der Waals surface area contributed by atoms with E-state index in [1.807, 2.05) is 48.2 Å².